The van der Waals surface area contributed by atoms with Gasteiger partial charge in [0, 0.05) is 12.2 Å². The number of benzene rings is 1. The maximum absolute atomic E-state index is 12.9. The molecule has 0 aliphatic carbocycles. The standard InChI is InChI=1S/C22H25N3O4S/c1-4-6-10-25-13-23-20-17(21(25)27)14(3)18(30-20)19(26)24-16-9-7-8-15(12-16)22(28)29-11-5-2/h7-9,12-13H,4-6,10-11H2,1-3H3,(H,24,26). The zero-order valence-electron chi connectivity index (χ0n) is 17.4. The van der Waals surface area contributed by atoms with E-state index in [1.54, 1.807) is 42.1 Å². The highest BCUT2D eigenvalue weighted by Gasteiger charge is 2.20. The number of aromatic nitrogens is 2. The lowest BCUT2D eigenvalue weighted by atomic mass is 10.2. The van der Waals surface area contributed by atoms with E-state index in [1.807, 2.05) is 6.92 Å². The van der Waals surface area contributed by atoms with E-state index in [0.29, 0.717) is 45.1 Å². The number of aryl methyl sites for hydroxylation is 2. The Hall–Kier alpha value is -3.00. The Bertz CT molecular complexity index is 1130. The van der Waals surface area contributed by atoms with Crippen molar-refractivity contribution >= 4 is 39.1 Å². The van der Waals surface area contributed by atoms with Crippen molar-refractivity contribution in [3.05, 3.63) is 57.0 Å². The quantitative estimate of drug-likeness (QED) is 0.539. The van der Waals surface area contributed by atoms with Crippen LogP contribution < -0.4 is 10.9 Å². The SMILES string of the molecule is CCCCn1cnc2sc(C(=O)Nc3cccc(C(=O)OCCC)c3)c(C)c2c1=O. The molecule has 0 fully saturated rings. The Morgan fingerprint density at radius 3 is 2.77 bits per heavy atom. The lowest BCUT2D eigenvalue weighted by molar-refractivity contribution is 0.0505. The number of anilines is 1. The maximum atomic E-state index is 12.9. The number of hydrogen-bond donors (Lipinski definition) is 1. The number of carbonyl (C=O) groups excluding carboxylic acids is 2. The smallest absolute Gasteiger partial charge is 0.338 e. The van der Waals surface area contributed by atoms with Crippen LogP contribution in [0.1, 0.15) is 58.7 Å². The topological polar surface area (TPSA) is 90.3 Å². The van der Waals surface area contributed by atoms with E-state index >= 15 is 0 Å². The van der Waals surface area contributed by atoms with E-state index in [9.17, 15) is 14.4 Å². The molecule has 2 aromatic heterocycles. The molecule has 0 bridgehead atoms. The van der Waals surface area contributed by atoms with Gasteiger partial charge in [-0.05, 0) is 43.5 Å². The second kappa shape index (κ2) is 9.67. The summed E-state index contributed by atoms with van der Waals surface area (Å²) in [5.74, 6) is -0.767. The first-order chi connectivity index (χ1) is 14.5. The number of ether oxygens (including phenoxy) is 1. The first kappa shape index (κ1) is 21.7. The first-order valence-corrected chi connectivity index (χ1v) is 10.8. The van der Waals surface area contributed by atoms with E-state index in [1.165, 1.54) is 11.3 Å². The number of rotatable bonds is 8. The summed E-state index contributed by atoms with van der Waals surface area (Å²) in [6, 6.07) is 6.60. The van der Waals surface area contributed by atoms with Gasteiger partial charge in [0.15, 0.2) is 0 Å². The molecule has 3 aromatic rings. The molecule has 1 aromatic carbocycles. The average molecular weight is 428 g/mol. The Kier molecular flexibility index (Phi) is 6.99. The molecule has 0 unspecified atom stereocenters. The number of nitrogens with zero attached hydrogens (tertiary/aromatic N) is 2. The summed E-state index contributed by atoms with van der Waals surface area (Å²) in [5.41, 5.74) is 1.35. The molecule has 158 valence electrons. The van der Waals surface area contributed by atoms with E-state index in [0.717, 1.165) is 19.3 Å². The Morgan fingerprint density at radius 1 is 1.23 bits per heavy atom. The third-order valence-electron chi connectivity index (χ3n) is 4.67. The molecule has 1 amide bonds. The van der Waals surface area contributed by atoms with E-state index in [4.69, 9.17) is 4.74 Å². The van der Waals surface area contributed by atoms with Gasteiger partial charge in [-0.2, -0.15) is 0 Å². The zero-order valence-corrected chi connectivity index (χ0v) is 18.2. The van der Waals surface area contributed by atoms with Crippen LogP contribution in [0.3, 0.4) is 0 Å². The Balaban J connectivity index is 1.85. The molecule has 0 saturated carbocycles. The molecular formula is C22H25N3O4S. The van der Waals surface area contributed by atoms with E-state index in [-0.39, 0.29) is 11.5 Å². The summed E-state index contributed by atoms with van der Waals surface area (Å²) < 4.78 is 6.73. The minimum atomic E-state index is -0.428. The normalized spacial score (nSPS) is 10.9. The van der Waals surface area contributed by atoms with Gasteiger partial charge in [-0.3, -0.25) is 14.2 Å². The van der Waals surface area contributed by atoms with E-state index in [2.05, 4.69) is 17.2 Å². The molecule has 8 heteroatoms. The fourth-order valence-electron chi connectivity index (χ4n) is 3.05. The van der Waals surface area contributed by atoms with Crippen molar-refractivity contribution in [2.45, 2.75) is 46.6 Å². The van der Waals surface area contributed by atoms with Gasteiger partial charge in [-0.1, -0.05) is 26.3 Å². The summed E-state index contributed by atoms with van der Waals surface area (Å²) in [6.45, 7) is 6.70. The molecule has 2 heterocycles. The number of unbranched alkanes of at least 4 members (excludes halogenated alkanes) is 1. The second-order valence-corrected chi connectivity index (χ2v) is 8.00. The minimum absolute atomic E-state index is 0.123. The van der Waals surface area contributed by atoms with Gasteiger partial charge in [0.1, 0.15) is 4.83 Å². The summed E-state index contributed by atoms with van der Waals surface area (Å²) in [5, 5.41) is 3.29. The molecule has 0 radical (unpaired) electrons. The molecule has 3 rings (SSSR count). The molecule has 0 aliphatic heterocycles. The maximum Gasteiger partial charge on any atom is 0.338 e. The fourth-order valence-corrected chi connectivity index (χ4v) is 4.09. The van der Waals surface area contributed by atoms with Gasteiger partial charge in [0.05, 0.1) is 28.8 Å². The summed E-state index contributed by atoms with van der Waals surface area (Å²) in [7, 11) is 0. The van der Waals surface area contributed by atoms with Crippen LogP contribution in [0.4, 0.5) is 5.69 Å². The number of fused-ring (bicyclic) bond motifs is 1. The van der Waals surface area contributed by atoms with Crippen LogP contribution in [-0.2, 0) is 11.3 Å². The van der Waals surface area contributed by atoms with Gasteiger partial charge in [-0.25, -0.2) is 9.78 Å². The van der Waals surface area contributed by atoms with Crippen molar-refractivity contribution in [3.63, 3.8) is 0 Å². The van der Waals surface area contributed by atoms with Crippen molar-refractivity contribution in [1.29, 1.82) is 0 Å². The largest absolute Gasteiger partial charge is 0.462 e. The van der Waals surface area contributed by atoms with Gasteiger partial charge in [0.2, 0.25) is 0 Å². The number of hydrogen-bond acceptors (Lipinski definition) is 6. The summed E-state index contributed by atoms with van der Waals surface area (Å²) in [6.07, 6.45) is 4.15. The highest BCUT2D eigenvalue weighted by Crippen LogP contribution is 2.27. The van der Waals surface area contributed by atoms with Crippen molar-refractivity contribution in [3.8, 4) is 0 Å². The average Bonchev–Trinajstić information content (AvgIpc) is 3.09. The fraction of sp³-hybridized carbons (Fsp3) is 0.364. The monoisotopic (exact) mass is 427 g/mol. The molecule has 0 saturated heterocycles. The third kappa shape index (κ3) is 4.59. The highest BCUT2D eigenvalue weighted by atomic mass is 32.1. The number of carbonyl (C=O) groups is 2. The van der Waals surface area contributed by atoms with Crippen LogP contribution in [-0.4, -0.2) is 28.0 Å². The third-order valence-corrected chi connectivity index (χ3v) is 5.87. The van der Waals surface area contributed by atoms with Crippen molar-refractivity contribution in [1.82, 2.24) is 9.55 Å². The number of amides is 1. The van der Waals surface area contributed by atoms with Crippen LogP contribution in [0.25, 0.3) is 10.2 Å². The van der Waals surface area contributed by atoms with Crippen molar-refractivity contribution in [2.75, 3.05) is 11.9 Å². The minimum Gasteiger partial charge on any atom is -0.462 e. The number of thiophene rings is 1. The second-order valence-electron chi connectivity index (χ2n) is 7.00. The van der Waals surface area contributed by atoms with Gasteiger partial charge in [-0.15, -0.1) is 11.3 Å². The van der Waals surface area contributed by atoms with Gasteiger partial charge < -0.3 is 10.1 Å². The molecule has 30 heavy (non-hydrogen) atoms. The lowest BCUT2D eigenvalue weighted by Gasteiger charge is -2.07. The van der Waals surface area contributed by atoms with Crippen molar-refractivity contribution in [2.24, 2.45) is 0 Å². The zero-order chi connectivity index (χ0) is 21.7. The molecule has 0 atom stereocenters. The van der Waals surface area contributed by atoms with Crippen LogP contribution in [0.2, 0.25) is 0 Å². The van der Waals surface area contributed by atoms with Gasteiger partial charge in [0.25, 0.3) is 11.5 Å². The highest BCUT2D eigenvalue weighted by molar-refractivity contribution is 7.20. The first-order valence-electron chi connectivity index (χ1n) is 10.0. The van der Waals surface area contributed by atoms with Crippen LogP contribution in [0.15, 0.2) is 35.4 Å². The molecular weight excluding hydrogens is 402 g/mol. The van der Waals surface area contributed by atoms with Crippen LogP contribution in [0, 0.1) is 6.92 Å². The predicted octanol–water partition coefficient (Wildman–Crippen LogP) is 4.39. The van der Waals surface area contributed by atoms with Crippen molar-refractivity contribution < 1.29 is 14.3 Å². The lowest BCUT2D eigenvalue weighted by Crippen LogP contribution is -2.20. The summed E-state index contributed by atoms with van der Waals surface area (Å²) >= 11 is 1.19. The Labute approximate surface area is 178 Å². The molecule has 0 spiro atoms. The molecule has 1 N–H and O–H groups in total. The summed E-state index contributed by atoms with van der Waals surface area (Å²) in [4.78, 5) is 43.1. The van der Waals surface area contributed by atoms with E-state index < -0.39 is 5.97 Å². The number of nitrogens with one attached hydrogen (secondary N) is 1. The van der Waals surface area contributed by atoms with Crippen LogP contribution >= 0.6 is 11.3 Å². The number of esters is 1. The predicted molar refractivity (Wildman–Crippen MR) is 118 cm³/mol. The van der Waals surface area contributed by atoms with Gasteiger partial charge >= 0.3 is 5.97 Å². The van der Waals surface area contributed by atoms with Crippen LogP contribution in [0.5, 0.6) is 0 Å². The molecule has 7 nitrogen and oxygen atoms in total. The Morgan fingerprint density at radius 2 is 2.03 bits per heavy atom. The molecule has 0 aliphatic rings.